The first kappa shape index (κ1) is 21.1. The smallest absolute Gasteiger partial charge is 0.481 e. The number of piperazine rings is 1. The largest absolute Gasteiger partial charge is 0.511 e. The number of anilines is 1. The van der Waals surface area contributed by atoms with Gasteiger partial charge in [-0.25, -0.2) is 9.18 Å². The van der Waals surface area contributed by atoms with Crippen molar-refractivity contribution in [2.75, 3.05) is 37.6 Å². The first-order valence-corrected chi connectivity index (χ1v) is 10.2. The quantitative estimate of drug-likeness (QED) is 0.668. The lowest BCUT2D eigenvalue weighted by molar-refractivity contribution is -0.141. The summed E-state index contributed by atoms with van der Waals surface area (Å²) < 4.78 is 21.4. The predicted molar refractivity (Wildman–Crippen MR) is 111 cm³/mol. The Bertz CT molecular complexity index is 1090. The number of benzene rings is 1. The second kappa shape index (κ2) is 8.18. The van der Waals surface area contributed by atoms with Crippen LogP contribution in [0, 0.1) is 11.7 Å². The lowest BCUT2D eigenvalue weighted by Gasteiger charge is -2.37. The third kappa shape index (κ3) is 4.34. The van der Waals surface area contributed by atoms with Crippen LogP contribution in [-0.2, 0) is 4.79 Å². The lowest BCUT2D eigenvalue weighted by atomic mass is 10.1. The molecule has 1 saturated carbocycles. The molecule has 9 nitrogen and oxygen atoms in total. The van der Waals surface area contributed by atoms with E-state index < -0.39 is 29.3 Å². The molecule has 1 unspecified atom stereocenters. The summed E-state index contributed by atoms with van der Waals surface area (Å²) in [6, 6.07) is 2.91. The van der Waals surface area contributed by atoms with Crippen molar-refractivity contribution in [3.8, 4) is 5.75 Å². The third-order valence-electron chi connectivity index (χ3n) is 5.87. The average molecular weight is 433 g/mol. The summed E-state index contributed by atoms with van der Waals surface area (Å²) in [6.45, 7) is 4.38. The zero-order chi connectivity index (χ0) is 22.3. The molecule has 1 aliphatic carbocycles. The van der Waals surface area contributed by atoms with E-state index in [-0.39, 0.29) is 17.2 Å². The molecule has 0 amide bonds. The standard InChI is InChI=1S/C21H24FN3O6/c1-12(20(27)28)10-23-4-6-24(7-5-23)17-9-16-14(8-15(17)22)19(26)18(31-21(29)30)11-25(16)13-2-3-13/h8-9,11-13H,2-7,10H2,1H3,(H,27,28)(H,29,30). The fourth-order valence-electron chi connectivity index (χ4n) is 4.03. The number of pyridine rings is 1. The lowest BCUT2D eigenvalue weighted by Crippen LogP contribution is -2.48. The second-order valence-corrected chi connectivity index (χ2v) is 8.18. The molecular weight excluding hydrogens is 409 g/mol. The van der Waals surface area contributed by atoms with E-state index in [2.05, 4.69) is 4.74 Å². The Balaban J connectivity index is 1.64. The van der Waals surface area contributed by atoms with Crippen molar-refractivity contribution in [3.05, 3.63) is 34.4 Å². The van der Waals surface area contributed by atoms with Crippen LogP contribution in [0.15, 0.2) is 23.1 Å². The number of nitrogens with zero attached hydrogens (tertiary/aromatic N) is 3. The summed E-state index contributed by atoms with van der Waals surface area (Å²) >= 11 is 0. The number of fused-ring (bicyclic) bond motifs is 1. The van der Waals surface area contributed by atoms with E-state index in [0.29, 0.717) is 43.9 Å². The van der Waals surface area contributed by atoms with Crippen molar-refractivity contribution in [2.45, 2.75) is 25.8 Å². The molecule has 0 bridgehead atoms. The van der Waals surface area contributed by atoms with Gasteiger partial charge in [0.1, 0.15) is 5.82 Å². The number of ether oxygens (including phenoxy) is 1. The van der Waals surface area contributed by atoms with Crippen LogP contribution >= 0.6 is 0 Å². The fourth-order valence-corrected chi connectivity index (χ4v) is 4.03. The Morgan fingerprint density at radius 1 is 1.19 bits per heavy atom. The van der Waals surface area contributed by atoms with Gasteiger partial charge in [-0.1, -0.05) is 6.92 Å². The van der Waals surface area contributed by atoms with Gasteiger partial charge in [0.25, 0.3) is 0 Å². The van der Waals surface area contributed by atoms with Crippen LogP contribution in [0.5, 0.6) is 5.75 Å². The van der Waals surface area contributed by atoms with E-state index in [4.69, 9.17) is 10.2 Å². The van der Waals surface area contributed by atoms with Crippen LogP contribution < -0.4 is 15.1 Å². The van der Waals surface area contributed by atoms with Gasteiger partial charge in [-0.3, -0.25) is 14.5 Å². The zero-order valence-corrected chi connectivity index (χ0v) is 17.1. The Morgan fingerprint density at radius 2 is 1.87 bits per heavy atom. The van der Waals surface area contributed by atoms with E-state index >= 15 is 4.39 Å². The highest BCUT2D eigenvalue weighted by molar-refractivity contribution is 5.85. The molecule has 31 heavy (non-hydrogen) atoms. The Hall–Kier alpha value is -3.14. The zero-order valence-electron chi connectivity index (χ0n) is 17.1. The van der Waals surface area contributed by atoms with Crippen LogP contribution in [0.1, 0.15) is 25.8 Å². The molecule has 2 aromatic rings. The van der Waals surface area contributed by atoms with Gasteiger partial charge < -0.3 is 24.4 Å². The second-order valence-electron chi connectivity index (χ2n) is 8.18. The first-order chi connectivity index (χ1) is 14.7. The van der Waals surface area contributed by atoms with Gasteiger partial charge in [-0.15, -0.1) is 0 Å². The van der Waals surface area contributed by atoms with Gasteiger partial charge in [-0.2, -0.15) is 0 Å². The molecule has 2 fully saturated rings. The van der Waals surface area contributed by atoms with Crippen LogP contribution in [-0.4, -0.2) is 64.5 Å². The Kier molecular flexibility index (Phi) is 5.57. The van der Waals surface area contributed by atoms with E-state index in [9.17, 15) is 14.4 Å². The van der Waals surface area contributed by atoms with Crippen LogP contribution in [0.3, 0.4) is 0 Å². The van der Waals surface area contributed by atoms with Crippen molar-refractivity contribution >= 4 is 28.7 Å². The minimum atomic E-state index is -1.59. The fraction of sp³-hybridized carbons (Fsp3) is 0.476. The summed E-state index contributed by atoms with van der Waals surface area (Å²) in [4.78, 5) is 38.6. The average Bonchev–Trinajstić information content (AvgIpc) is 3.55. The van der Waals surface area contributed by atoms with Gasteiger partial charge in [0.2, 0.25) is 5.43 Å². The molecule has 1 aromatic heterocycles. The third-order valence-corrected chi connectivity index (χ3v) is 5.87. The van der Waals surface area contributed by atoms with Crippen molar-refractivity contribution in [1.82, 2.24) is 9.47 Å². The van der Waals surface area contributed by atoms with Crippen LogP contribution in [0.4, 0.5) is 14.9 Å². The van der Waals surface area contributed by atoms with Crippen molar-refractivity contribution in [2.24, 2.45) is 5.92 Å². The minimum absolute atomic E-state index is 0.0841. The number of aliphatic carboxylic acids is 1. The van der Waals surface area contributed by atoms with Crippen molar-refractivity contribution < 1.29 is 28.9 Å². The predicted octanol–water partition coefficient (Wildman–Crippen LogP) is 2.38. The molecule has 4 rings (SSSR count). The van der Waals surface area contributed by atoms with Crippen LogP contribution in [0.25, 0.3) is 10.9 Å². The molecular formula is C21H24FN3O6. The number of hydrogen-bond acceptors (Lipinski definition) is 6. The minimum Gasteiger partial charge on any atom is -0.481 e. The van der Waals surface area contributed by atoms with Gasteiger partial charge in [-0.05, 0) is 25.0 Å². The molecule has 0 radical (unpaired) electrons. The summed E-state index contributed by atoms with van der Waals surface area (Å²) in [5.74, 6) is -2.21. The molecule has 1 aliphatic heterocycles. The number of carboxylic acid groups (broad SMARTS) is 2. The molecule has 2 aliphatic rings. The number of hydrogen-bond donors (Lipinski definition) is 2. The summed E-state index contributed by atoms with van der Waals surface area (Å²) in [5.41, 5.74) is 0.259. The topological polar surface area (TPSA) is 112 Å². The van der Waals surface area contributed by atoms with Crippen LogP contribution in [0.2, 0.25) is 0 Å². The number of carbonyl (C=O) groups is 2. The molecule has 2 heterocycles. The van der Waals surface area contributed by atoms with E-state index in [0.717, 1.165) is 18.9 Å². The van der Waals surface area contributed by atoms with E-state index in [1.165, 1.54) is 6.20 Å². The van der Waals surface area contributed by atoms with Gasteiger partial charge in [0, 0.05) is 38.8 Å². The van der Waals surface area contributed by atoms with Gasteiger partial charge >= 0.3 is 12.1 Å². The molecule has 1 saturated heterocycles. The van der Waals surface area contributed by atoms with E-state index in [1.807, 2.05) is 9.80 Å². The summed E-state index contributed by atoms with van der Waals surface area (Å²) in [7, 11) is 0. The molecule has 0 spiro atoms. The molecule has 1 aromatic carbocycles. The maximum Gasteiger partial charge on any atom is 0.511 e. The highest BCUT2D eigenvalue weighted by atomic mass is 19.1. The summed E-state index contributed by atoms with van der Waals surface area (Å²) in [5, 5.41) is 18.1. The highest BCUT2D eigenvalue weighted by Gasteiger charge is 2.28. The monoisotopic (exact) mass is 433 g/mol. The number of rotatable bonds is 6. The van der Waals surface area contributed by atoms with Gasteiger partial charge in [0.05, 0.1) is 28.7 Å². The van der Waals surface area contributed by atoms with Gasteiger partial charge in [0.15, 0.2) is 5.75 Å². The molecule has 1 atom stereocenters. The maximum absolute atomic E-state index is 15.0. The Morgan fingerprint density at radius 3 is 2.45 bits per heavy atom. The highest BCUT2D eigenvalue weighted by Crippen LogP contribution is 2.39. The number of aromatic nitrogens is 1. The SMILES string of the molecule is CC(CN1CCN(c2cc3c(cc2F)c(=O)c(OC(=O)O)cn3C2CC2)CC1)C(=O)O. The molecule has 2 N–H and O–H groups in total. The van der Waals surface area contributed by atoms with Crippen molar-refractivity contribution in [1.29, 1.82) is 0 Å². The Labute approximate surface area is 177 Å². The maximum atomic E-state index is 15.0. The number of halogens is 1. The van der Waals surface area contributed by atoms with Crippen molar-refractivity contribution in [3.63, 3.8) is 0 Å². The van der Waals surface area contributed by atoms with E-state index in [1.54, 1.807) is 17.6 Å². The molecule has 166 valence electrons. The summed E-state index contributed by atoms with van der Waals surface area (Å²) in [6.07, 6.45) is 1.57. The first-order valence-electron chi connectivity index (χ1n) is 10.2. The number of carboxylic acids is 1. The molecule has 10 heteroatoms. The normalized spacial score (nSPS) is 18.2.